The van der Waals surface area contributed by atoms with E-state index in [1.807, 2.05) is 6.07 Å². The Morgan fingerprint density at radius 3 is 2.73 bits per heavy atom. The van der Waals surface area contributed by atoms with Gasteiger partial charge in [0.15, 0.2) is 0 Å². The molecule has 7 nitrogen and oxygen atoms in total. The van der Waals surface area contributed by atoms with Crippen molar-refractivity contribution in [2.45, 2.75) is 0 Å². The lowest BCUT2D eigenvalue weighted by Gasteiger charge is -1.98. The molecule has 0 bridgehead atoms. The molecule has 0 amide bonds. The largest absolute Gasteiger partial charge is 0.412 e. The van der Waals surface area contributed by atoms with Crippen LogP contribution in [0.5, 0.6) is 0 Å². The molecule has 0 aliphatic carbocycles. The van der Waals surface area contributed by atoms with E-state index in [9.17, 15) is 9.60 Å². The second-order valence-corrected chi connectivity index (χ2v) is 4.71. The lowest BCUT2D eigenvalue weighted by Crippen LogP contribution is -1.95. The van der Waals surface area contributed by atoms with E-state index in [4.69, 9.17) is 0 Å². The van der Waals surface area contributed by atoms with Gasteiger partial charge >= 0.3 is 0 Å². The molecular weight excluding hydrogens is 287 g/mol. The van der Waals surface area contributed by atoms with Crippen LogP contribution in [0.2, 0.25) is 0 Å². The van der Waals surface area contributed by atoms with Gasteiger partial charge in [0.05, 0.1) is 42.4 Å². The fourth-order valence-electron chi connectivity index (χ4n) is 2.19. The first-order valence-electron chi connectivity index (χ1n) is 6.40. The normalized spacial score (nSPS) is 11.1. The average molecular weight is 296 g/mol. The van der Waals surface area contributed by atoms with Crippen LogP contribution in [-0.2, 0) is 0 Å². The highest BCUT2D eigenvalue weighted by molar-refractivity contribution is 5.81. The smallest absolute Gasteiger partial charge is 0.143 e. The summed E-state index contributed by atoms with van der Waals surface area (Å²) in [4.78, 5) is 8.82. The summed E-state index contributed by atoms with van der Waals surface area (Å²) < 4.78 is 14.8. The van der Waals surface area contributed by atoms with Crippen molar-refractivity contribution in [3.05, 3.63) is 55.1 Å². The Bertz CT molecular complexity index is 976. The van der Waals surface area contributed by atoms with Crippen molar-refractivity contribution >= 4 is 10.9 Å². The van der Waals surface area contributed by atoms with Crippen molar-refractivity contribution in [3.63, 3.8) is 0 Å². The highest BCUT2D eigenvalue weighted by atomic mass is 19.1. The highest BCUT2D eigenvalue weighted by Crippen LogP contribution is 2.21. The number of rotatable bonds is 2. The topological polar surface area (TPSA) is 81.7 Å². The Labute approximate surface area is 123 Å². The molecule has 4 aromatic rings. The van der Waals surface area contributed by atoms with Crippen LogP contribution in [0.3, 0.4) is 0 Å². The van der Waals surface area contributed by atoms with Crippen LogP contribution in [0.25, 0.3) is 27.8 Å². The number of nitrogens with zero attached hydrogens (tertiary/aromatic N) is 6. The first-order valence-corrected chi connectivity index (χ1v) is 6.40. The van der Waals surface area contributed by atoms with Crippen LogP contribution in [0, 0.1) is 5.82 Å². The summed E-state index contributed by atoms with van der Waals surface area (Å²) in [5.74, 6) is -0.425. The van der Waals surface area contributed by atoms with E-state index in [1.54, 1.807) is 17.1 Å². The van der Waals surface area contributed by atoms with Crippen LogP contribution in [0.15, 0.2) is 49.3 Å². The predicted octanol–water partition coefficient (Wildman–Crippen LogP) is 2.06. The Morgan fingerprint density at radius 1 is 1.05 bits per heavy atom. The molecular formula is C14H9FN6O. The summed E-state index contributed by atoms with van der Waals surface area (Å²) in [7, 11) is 0. The van der Waals surface area contributed by atoms with Gasteiger partial charge in [0.1, 0.15) is 11.3 Å². The maximum atomic E-state index is 13.2. The quantitative estimate of drug-likeness (QED) is 0.573. The van der Waals surface area contributed by atoms with Gasteiger partial charge in [-0.3, -0.25) is 9.97 Å². The predicted molar refractivity (Wildman–Crippen MR) is 75.0 cm³/mol. The number of fused-ring (bicyclic) bond motifs is 1. The monoisotopic (exact) mass is 296 g/mol. The maximum absolute atomic E-state index is 13.2. The molecule has 0 fully saturated rings. The third-order valence-corrected chi connectivity index (χ3v) is 3.21. The maximum Gasteiger partial charge on any atom is 0.143 e. The molecule has 4 heterocycles. The molecule has 1 N–H and O–H groups in total. The minimum Gasteiger partial charge on any atom is -0.412 e. The van der Waals surface area contributed by atoms with E-state index in [0.29, 0.717) is 22.5 Å². The van der Waals surface area contributed by atoms with Crippen molar-refractivity contribution in [1.82, 2.24) is 29.7 Å². The molecule has 0 saturated heterocycles. The molecule has 0 aromatic carbocycles. The van der Waals surface area contributed by atoms with Crippen molar-refractivity contribution in [2.75, 3.05) is 0 Å². The van der Waals surface area contributed by atoms with E-state index in [1.165, 1.54) is 24.7 Å². The minimum atomic E-state index is -0.425. The molecule has 0 atom stereocenters. The third-order valence-electron chi connectivity index (χ3n) is 3.21. The molecule has 0 radical (unpaired) electrons. The minimum absolute atomic E-state index is 0.425. The van der Waals surface area contributed by atoms with Gasteiger partial charge in [0.25, 0.3) is 0 Å². The molecule has 0 unspecified atom stereocenters. The molecule has 4 rings (SSSR count). The highest BCUT2D eigenvalue weighted by Gasteiger charge is 2.08. The summed E-state index contributed by atoms with van der Waals surface area (Å²) >= 11 is 0. The van der Waals surface area contributed by atoms with E-state index in [2.05, 4.69) is 20.2 Å². The molecule has 4 aromatic heterocycles. The molecule has 0 aliphatic heterocycles. The number of aromatic nitrogens is 6. The van der Waals surface area contributed by atoms with E-state index in [-0.39, 0.29) is 0 Å². The Kier molecular flexibility index (Phi) is 2.62. The van der Waals surface area contributed by atoms with Crippen molar-refractivity contribution < 1.29 is 9.60 Å². The molecule has 0 saturated carbocycles. The second kappa shape index (κ2) is 4.62. The van der Waals surface area contributed by atoms with Crippen LogP contribution in [0.4, 0.5) is 4.39 Å². The molecule has 22 heavy (non-hydrogen) atoms. The van der Waals surface area contributed by atoms with Gasteiger partial charge in [0, 0.05) is 23.2 Å². The third kappa shape index (κ3) is 2.06. The van der Waals surface area contributed by atoms with Crippen LogP contribution < -0.4 is 0 Å². The zero-order valence-corrected chi connectivity index (χ0v) is 11.1. The lowest BCUT2D eigenvalue weighted by molar-refractivity contribution is 0.149. The Balaban J connectivity index is 1.81. The van der Waals surface area contributed by atoms with Gasteiger partial charge in [-0.05, 0) is 6.07 Å². The van der Waals surface area contributed by atoms with Crippen molar-refractivity contribution in [1.29, 1.82) is 0 Å². The summed E-state index contributed by atoms with van der Waals surface area (Å²) in [6.07, 6.45) is 9.01. The zero-order valence-electron chi connectivity index (χ0n) is 11.1. The SMILES string of the molecule is On1cc(-c2cc3cn(-c4cncc(F)c4)nc3cn2)cn1. The fraction of sp³-hybridized carbons (Fsp3) is 0. The van der Waals surface area contributed by atoms with Crippen LogP contribution >= 0.6 is 0 Å². The average Bonchev–Trinajstić information content (AvgIpc) is 3.12. The van der Waals surface area contributed by atoms with E-state index < -0.39 is 5.82 Å². The first kappa shape index (κ1) is 12.5. The summed E-state index contributed by atoms with van der Waals surface area (Å²) in [5.41, 5.74) is 2.54. The number of hydrogen-bond donors (Lipinski definition) is 1. The fourth-order valence-corrected chi connectivity index (χ4v) is 2.19. The number of halogens is 1. The van der Waals surface area contributed by atoms with Gasteiger partial charge in [-0.2, -0.15) is 5.10 Å². The Hall–Kier alpha value is -3.29. The lowest BCUT2D eigenvalue weighted by atomic mass is 10.2. The van der Waals surface area contributed by atoms with Gasteiger partial charge in [-0.15, -0.1) is 9.94 Å². The van der Waals surface area contributed by atoms with Gasteiger partial charge < -0.3 is 5.21 Å². The second-order valence-electron chi connectivity index (χ2n) is 4.71. The molecule has 0 aliphatic rings. The van der Waals surface area contributed by atoms with Gasteiger partial charge in [0.2, 0.25) is 0 Å². The first-order chi connectivity index (χ1) is 10.7. The van der Waals surface area contributed by atoms with Crippen molar-refractivity contribution in [2.24, 2.45) is 0 Å². The van der Waals surface area contributed by atoms with E-state index in [0.717, 1.165) is 16.4 Å². The van der Waals surface area contributed by atoms with Gasteiger partial charge in [-0.25, -0.2) is 9.07 Å². The zero-order chi connectivity index (χ0) is 15.1. The van der Waals surface area contributed by atoms with E-state index >= 15 is 0 Å². The molecule has 8 heteroatoms. The Morgan fingerprint density at radius 2 is 1.95 bits per heavy atom. The molecule has 0 spiro atoms. The molecule has 108 valence electrons. The summed E-state index contributed by atoms with van der Waals surface area (Å²) in [6.45, 7) is 0. The number of hydrogen-bond acceptors (Lipinski definition) is 5. The van der Waals surface area contributed by atoms with Gasteiger partial charge in [-0.1, -0.05) is 0 Å². The number of pyridine rings is 2. The van der Waals surface area contributed by atoms with Crippen molar-refractivity contribution in [3.8, 4) is 16.9 Å². The summed E-state index contributed by atoms with van der Waals surface area (Å²) in [5, 5.41) is 18.1. The standard InChI is InChI=1S/C14H9FN6O/c15-11-2-12(5-16-4-11)20-7-9-1-13(17-6-14(9)19-20)10-3-18-21(22)8-10/h1-8,22H. The van der Waals surface area contributed by atoms with Crippen LogP contribution in [-0.4, -0.2) is 34.9 Å². The van der Waals surface area contributed by atoms with Crippen LogP contribution in [0.1, 0.15) is 0 Å². The summed E-state index contributed by atoms with van der Waals surface area (Å²) in [6, 6.07) is 3.17.